The van der Waals surface area contributed by atoms with Gasteiger partial charge < -0.3 is 14.5 Å². The fraction of sp³-hybridized carbons (Fsp3) is 0.250. The molecule has 2 aromatic heterocycles. The third-order valence-corrected chi connectivity index (χ3v) is 5.69. The van der Waals surface area contributed by atoms with Crippen molar-refractivity contribution in [2.24, 2.45) is 0 Å². The number of aromatic nitrogens is 3. The molecule has 1 aromatic carbocycles. The minimum Gasteiger partial charge on any atom is -0.464 e. The minimum absolute atomic E-state index is 0.0186. The summed E-state index contributed by atoms with van der Waals surface area (Å²) in [6.45, 7) is 1.65. The zero-order chi connectivity index (χ0) is 21.8. The first kappa shape index (κ1) is 21.0. The molecule has 0 atom stereocenters. The van der Waals surface area contributed by atoms with Gasteiger partial charge in [0, 0.05) is 31.4 Å². The van der Waals surface area contributed by atoms with Crippen molar-refractivity contribution in [3.05, 3.63) is 58.7 Å². The molecule has 1 aliphatic rings. The van der Waals surface area contributed by atoms with E-state index < -0.39 is 0 Å². The Morgan fingerprint density at radius 2 is 2.03 bits per heavy atom. The third kappa shape index (κ3) is 5.09. The molecule has 160 valence electrons. The van der Waals surface area contributed by atoms with E-state index in [2.05, 4.69) is 20.5 Å². The number of piperazine rings is 1. The molecule has 3 heterocycles. The summed E-state index contributed by atoms with van der Waals surface area (Å²) in [5.74, 6) is 0.0647. The van der Waals surface area contributed by atoms with Crippen molar-refractivity contribution in [2.75, 3.05) is 36.9 Å². The fourth-order valence-electron chi connectivity index (χ4n) is 2.97. The van der Waals surface area contributed by atoms with Crippen molar-refractivity contribution in [3.8, 4) is 5.19 Å². The third-order valence-electron chi connectivity index (χ3n) is 4.69. The first-order chi connectivity index (χ1) is 15.0. The summed E-state index contributed by atoms with van der Waals surface area (Å²) in [6, 6.07) is 10.6. The standard InChI is InChI=1S/C20H19ClN6O3S/c1-26-9-10-27(11-16(26)28)17-15(3-2-8-22-17)18(29)23-19-24-25-20(31-19)30-12-13-4-6-14(21)7-5-13/h2-8H,9-12H2,1H3,(H,23,24,29). The van der Waals surface area contributed by atoms with Gasteiger partial charge in [0.2, 0.25) is 11.0 Å². The summed E-state index contributed by atoms with van der Waals surface area (Å²) >= 11 is 7.00. The molecule has 0 radical (unpaired) electrons. The maximum atomic E-state index is 12.9. The summed E-state index contributed by atoms with van der Waals surface area (Å²) in [5.41, 5.74) is 1.30. The number of halogens is 1. The summed E-state index contributed by atoms with van der Waals surface area (Å²) in [7, 11) is 1.76. The second kappa shape index (κ2) is 9.27. The lowest BCUT2D eigenvalue weighted by molar-refractivity contribution is -0.129. The topological polar surface area (TPSA) is 101 Å². The average Bonchev–Trinajstić information content (AvgIpc) is 3.22. The zero-order valence-electron chi connectivity index (χ0n) is 16.6. The second-order valence-corrected chi connectivity index (χ2v) is 8.23. The SMILES string of the molecule is CN1CCN(c2ncccc2C(=O)Nc2nnc(OCc3ccc(Cl)cc3)s2)CC1=O. The van der Waals surface area contributed by atoms with E-state index in [-0.39, 0.29) is 18.4 Å². The van der Waals surface area contributed by atoms with Crippen LogP contribution in [-0.2, 0) is 11.4 Å². The molecule has 11 heteroatoms. The first-order valence-corrected chi connectivity index (χ1v) is 10.6. The van der Waals surface area contributed by atoms with Gasteiger partial charge in [-0.05, 0) is 41.2 Å². The number of likely N-dealkylation sites (N-methyl/N-ethyl adjacent to an activating group) is 1. The van der Waals surface area contributed by atoms with E-state index in [1.165, 1.54) is 0 Å². The van der Waals surface area contributed by atoms with Gasteiger partial charge in [0.15, 0.2) is 0 Å². The number of anilines is 2. The number of carbonyl (C=O) groups excluding carboxylic acids is 2. The van der Waals surface area contributed by atoms with E-state index in [9.17, 15) is 9.59 Å². The highest BCUT2D eigenvalue weighted by atomic mass is 35.5. The number of ether oxygens (including phenoxy) is 1. The number of pyridine rings is 1. The van der Waals surface area contributed by atoms with Crippen LogP contribution in [-0.4, -0.2) is 58.6 Å². The van der Waals surface area contributed by atoms with E-state index in [0.29, 0.717) is 46.4 Å². The lowest BCUT2D eigenvalue weighted by Gasteiger charge is -2.33. The van der Waals surface area contributed by atoms with E-state index in [0.717, 1.165) is 16.9 Å². The maximum Gasteiger partial charge on any atom is 0.296 e. The molecule has 3 aromatic rings. The second-order valence-electron chi connectivity index (χ2n) is 6.85. The molecule has 31 heavy (non-hydrogen) atoms. The number of hydrogen-bond acceptors (Lipinski definition) is 8. The van der Waals surface area contributed by atoms with Crippen LogP contribution in [0.2, 0.25) is 5.02 Å². The highest BCUT2D eigenvalue weighted by Crippen LogP contribution is 2.25. The number of amides is 2. The van der Waals surface area contributed by atoms with Gasteiger partial charge in [0.25, 0.3) is 11.1 Å². The first-order valence-electron chi connectivity index (χ1n) is 9.45. The van der Waals surface area contributed by atoms with Crippen LogP contribution < -0.4 is 15.0 Å². The lowest BCUT2D eigenvalue weighted by Crippen LogP contribution is -2.49. The maximum absolute atomic E-state index is 12.9. The van der Waals surface area contributed by atoms with Crippen LogP contribution in [0.4, 0.5) is 10.9 Å². The molecular weight excluding hydrogens is 440 g/mol. The molecule has 1 aliphatic heterocycles. The Balaban J connectivity index is 1.41. The molecule has 1 saturated heterocycles. The van der Waals surface area contributed by atoms with Crippen LogP contribution >= 0.6 is 22.9 Å². The predicted molar refractivity (Wildman–Crippen MR) is 118 cm³/mol. The molecule has 1 N–H and O–H groups in total. The quantitative estimate of drug-likeness (QED) is 0.606. The number of nitrogens with zero attached hydrogens (tertiary/aromatic N) is 5. The van der Waals surface area contributed by atoms with Gasteiger partial charge >= 0.3 is 0 Å². The van der Waals surface area contributed by atoms with Gasteiger partial charge in [-0.15, -0.1) is 5.10 Å². The van der Waals surface area contributed by atoms with Gasteiger partial charge in [-0.1, -0.05) is 28.8 Å². The Morgan fingerprint density at radius 3 is 2.81 bits per heavy atom. The largest absolute Gasteiger partial charge is 0.464 e. The van der Waals surface area contributed by atoms with E-state index in [1.54, 1.807) is 47.3 Å². The average molecular weight is 459 g/mol. The van der Waals surface area contributed by atoms with Crippen LogP contribution in [0.15, 0.2) is 42.6 Å². The fourth-order valence-corrected chi connectivity index (χ4v) is 3.69. The van der Waals surface area contributed by atoms with Gasteiger partial charge in [-0.25, -0.2) is 4.98 Å². The van der Waals surface area contributed by atoms with Crippen molar-refractivity contribution in [1.82, 2.24) is 20.1 Å². The van der Waals surface area contributed by atoms with Crippen molar-refractivity contribution in [2.45, 2.75) is 6.61 Å². The molecule has 2 amide bonds. The smallest absolute Gasteiger partial charge is 0.296 e. The Kier molecular flexibility index (Phi) is 6.28. The molecular formula is C20H19ClN6O3S. The monoisotopic (exact) mass is 458 g/mol. The van der Waals surface area contributed by atoms with E-state index in [4.69, 9.17) is 16.3 Å². The van der Waals surface area contributed by atoms with Crippen molar-refractivity contribution < 1.29 is 14.3 Å². The lowest BCUT2D eigenvalue weighted by atomic mass is 10.2. The van der Waals surface area contributed by atoms with Crippen molar-refractivity contribution in [1.29, 1.82) is 0 Å². The summed E-state index contributed by atoms with van der Waals surface area (Å²) in [6.07, 6.45) is 1.60. The number of carbonyl (C=O) groups is 2. The van der Waals surface area contributed by atoms with Crippen LogP contribution in [0.5, 0.6) is 5.19 Å². The Labute approximate surface area is 187 Å². The van der Waals surface area contributed by atoms with Crippen LogP contribution in [0.3, 0.4) is 0 Å². The normalized spacial score (nSPS) is 13.9. The Bertz CT molecular complexity index is 1090. The highest BCUT2D eigenvalue weighted by Gasteiger charge is 2.26. The molecule has 0 bridgehead atoms. The summed E-state index contributed by atoms with van der Waals surface area (Å²) < 4.78 is 5.63. The van der Waals surface area contributed by atoms with Crippen LogP contribution in [0, 0.1) is 0 Å². The molecule has 0 spiro atoms. The Hall–Kier alpha value is -3.24. The van der Waals surface area contributed by atoms with E-state index in [1.807, 2.05) is 12.1 Å². The predicted octanol–water partition coefficient (Wildman–Crippen LogP) is 2.70. The zero-order valence-corrected chi connectivity index (χ0v) is 18.2. The molecule has 1 fully saturated rings. The van der Waals surface area contributed by atoms with Gasteiger partial charge in [0.1, 0.15) is 12.4 Å². The summed E-state index contributed by atoms with van der Waals surface area (Å²) in [4.78, 5) is 32.7. The van der Waals surface area contributed by atoms with E-state index >= 15 is 0 Å². The summed E-state index contributed by atoms with van der Waals surface area (Å²) in [5, 5.41) is 11.9. The van der Waals surface area contributed by atoms with Crippen LogP contribution in [0.1, 0.15) is 15.9 Å². The van der Waals surface area contributed by atoms with Gasteiger partial charge in [-0.3, -0.25) is 14.9 Å². The van der Waals surface area contributed by atoms with Crippen molar-refractivity contribution >= 4 is 45.7 Å². The minimum atomic E-state index is -0.380. The number of rotatable bonds is 6. The number of hydrogen-bond donors (Lipinski definition) is 1. The molecule has 9 nitrogen and oxygen atoms in total. The molecule has 0 unspecified atom stereocenters. The van der Waals surface area contributed by atoms with Crippen LogP contribution in [0.25, 0.3) is 0 Å². The van der Waals surface area contributed by atoms with Gasteiger partial charge in [0.05, 0.1) is 12.1 Å². The highest BCUT2D eigenvalue weighted by molar-refractivity contribution is 7.17. The number of nitrogens with one attached hydrogen (secondary N) is 1. The molecule has 4 rings (SSSR count). The Morgan fingerprint density at radius 1 is 1.23 bits per heavy atom. The van der Waals surface area contributed by atoms with Gasteiger partial charge in [-0.2, -0.15) is 0 Å². The molecule has 0 aliphatic carbocycles. The molecule has 0 saturated carbocycles. The number of benzene rings is 1. The van der Waals surface area contributed by atoms with Crippen molar-refractivity contribution in [3.63, 3.8) is 0 Å².